The summed E-state index contributed by atoms with van der Waals surface area (Å²) in [6, 6.07) is 5.52. The Hall–Kier alpha value is -1.79. The molecule has 0 saturated heterocycles. The zero-order valence-electron chi connectivity index (χ0n) is 13.7. The van der Waals surface area contributed by atoms with Crippen LogP contribution in [0.4, 0.5) is 0 Å². The van der Waals surface area contributed by atoms with Crippen molar-refractivity contribution in [3.63, 3.8) is 0 Å². The van der Waals surface area contributed by atoms with Gasteiger partial charge in [-0.3, -0.25) is 9.59 Å². The van der Waals surface area contributed by atoms with Gasteiger partial charge in [-0.2, -0.15) is 11.8 Å². The average molecular weight is 345 g/mol. The fourth-order valence-electron chi connectivity index (χ4n) is 3.08. The number of amides is 1. The molecule has 0 fully saturated rings. The van der Waals surface area contributed by atoms with Crippen molar-refractivity contribution in [2.45, 2.75) is 31.4 Å². The maximum absolute atomic E-state index is 12.3. The number of carbonyl (C=O) groups excluding carboxylic acids is 1. The SMILES string of the molecule is NCCCCCNC(=O)c1ccc2[nH]c(=O)c3c(c2c1)CCSC3. The van der Waals surface area contributed by atoms with E-state index in [1.807, 2.05) is 12.1 Å². The molecule has 3 rings (SSSR count). The van der Waals surface area contributed by atoms with E-state index in [9.17, 15) is 9.59 Å². The minimum atomic E-state index is -0.0604. The van der Waals surface area contributed by atoms with Gasteiger partial charge in [0.1, 0.15) is 0 Å². The number of nitrogens with one attached hydrogen (secondary N) is 2. The van der Waals surface area contributed by atoms with Crippen molar-refractivity contribution in [1.29, 1.82) is 0 Å². The summed E-state index contributed by atoms with van der Waals surface area (Å²) in [6.07, 6.45) is 3.84. The minimum absolute atomic E-state index is 0.00167. The van der Waals surface area contributed by atoms with E-state index < -0.39 is 0 Å². The summed E-state index contributed by atoms with van der Waals surface area (Å²) in [5.41, 5.74) is 8.89. The third-order valence-electron chi connectivity index (χ3n) is 4.40. The molecule has 24 heavy (non-hydrogen) atoms. The number of aryl methyl sites for hydroxylation is 1. The normalized spacial score (nSPS) is 13.7. The standard InChI is InChI=1S/C18H23N3O2S/c19-7-2-1-3-8-20-17(22)12-4-5-16-14(10-12)13-6-9-24-11-15(13)18(23)21-16/h4-5,10H,1-3,6-9,11,19H2,(H,20,22)(H,21,23). The number of unbranched alkanes of at least 4 members (excludes halogenated alkanes) is 2. The molecular weight excluding hydrogens is 322 g/mol. The van der Waals surface area contributed by atoms with Crippen molar-refractivity contribution < 1.29 is 4.79 Å². The third-order valence-corrected chi connectivity index (χ3v) is 5.39. The van der Waals surface area contributed by atoms with Crippen LogP contribution in [0.15, 0.2) is 23.0 Å². The van der Waals surface area contributed by atoms with Gasteiger partial charge in [0.2, 0.25) is 0 Å². The average Bonchev–Trinajstić information content (AvgIpc) is 2.61. The van der Waals surface area contributed by atoms with Gasteiger partial charge in [-0.05, 0) is 55.3 Å². The fraction of sp³-hybridized carbons (Fsp3) is 0.444. The Labute approximate surface area is 145 Å². The summed E-state index contributed by atoms with van der Waals surface area (Å²) in [4.78, 5) is 27.4. The second kappa shape index (κ2) is 7.85. The van der Waals surface area contributed by atoms with E-state index in [1.54, 1.807) is 17.8 Å². The van der Waals surface area contributed by atoms with Crippen LogP contribution in [-0.2, 0) is 12.2 Å². The lowest BCUT2D eigenvalue weighted by molar-refractivity contribution is 0.0953. The second-order valence-corrected chi connectivity index (χ2v) is 7.18. The topological polar surface area (TPSA) is 88.0 Å². The highest BCUT2D eigenvalue weighted by Gasteiger charge is 2.17. The molecule has 128 valence electrons. The van der Waals surface area contributed by atoms with Gasteiger partial charge in [0.25, 0.3) is 11.5 Å². The van der Waals surface area contributed by atoms with E-state index >= 15 is 0 Å². The maximum atomic E-state index is 12.3. The number of hydrogen-bond acceptors (Lipinski definition) is 4. The molecule has 2 heterocycles. The number of aromatic nitrogens is 1. The van der Waals surface area contributed by atoms with E-state index in [0.717, 1.165) is 59.2 Å². The maximum Gasteiger partial charge on any atom is 0.252 e. The molecule has 0 bridgehead atoms. The van der Waals surface area contributed by atoms with Crippen LogP contribution < -0.4 is 16.6 Å². The van der Waals surface area contributed by atoms with Gasteiger partial charge in [0.05, 0.1) is 0 Å². The summed E-state index contributed by atoms with van der Waals surface area (Å²) in [5, 5.41) is 3.96. The van der Waals surface area contributed by atoms with Crippen molar-refractivity contribution in [1.82, 2.24) is 10.3 Å². The largest absolute Gasteiger partial charge is 0.352 e. The summed E-state index contributed by atoms with van der Waals surface area (Å²) in [6.45, 7) is 1.36. The highest BCUT2D eigenvalue weighted by molar-refractivity contribution is 7.98. The van der Waals surface area contributed by atoms with Gasteiger partial charge in [0.15, 0.2) is 0 Å². The molecule has 0 aliphatic carbocycles. The molecule has 5 nitrogen and oxygen atoms in total. The smallest absolute Gasteiger partial charge is 0.252 e. The Morgan fingerprint density at radius 2 is 2.12 bits per heavy atom. The van der Waals surface area contributed by atoms with Crippen LogP contribution in [0.2, 0.25) is 0 Å². The molecule has 0 saturated carbocycles. The summed E-state index contributed by atoms with van der Waals surface area (Å²) < 4.78 is 0. The van der Waals surface area contributed by atoms with Crippen LogP contribution in [0.25, 0.3) is 10.9 Å². The quantitative estimate of drug-likeness (QED) is 0.700. The van der Waals surface area contributed by atoms with E-state index in [4.69, 9.17) is 5.73 Å². The van der Waals surface area contributed by atoms with Crippen LogP contribution in [0.1, 0.15) is 40.7 Å². The molecule has 1 aliphatic heterocycles. The summed E-state index contributed by atoms with van der Waals surface area (Å²) in [5.74, 6) is 1.70. The number of benzene rings is 1. The van der Waals surface area contributed by atoms with Gasteiger partial charge >= 0.3 is 0 Å². The first-order chi connectivity index (χ1) is 11.7. The zero-order chi connectivity index (χ0) is 16.9. The molecule has 2 aromatic rings. The Bertz CT molecular complexity index is 801. The molecule has 1 aromatic heterocycles. The number of carbonyl (C=O) groups is 1. The van der Waals surface area contributed by atoms with E-state index in [2.05, 4.69) is 10.3 Å². The Morgan fingerprint density at radius 1 is 1.25 bits per heavy atom. The van der Waals surface area contributed by atoms with Crippen LogP contribution >= 0.6 is 11.8 Å². The third kappa shape index (κ3) is 3.65. The second-order valence-electron chi connectivity index (χ2n) is 6.08. The molecule has 1 aliphatic rings. The van der Waals surface area contributed by atoms with Gasteiger partial charge in [0, 0.05) is 34.3 Å². The van der Waals surface area contributed by atoms with Crippen molar-refractivity contribution in [2.75, 3.05) is 18.8 Å². The monoisotopic (exact) mass is 345 g/mol. The molecule has 0 atom stereocenters. The molecule has 1 amide bonds. The molecule has 0 spiro atoms. The predicted molar refractivity (Wildman–Crippen MR) is 99.7 cm³/mol. The summed E-state index contributed by atoms with van der Waals surface area (Å²) >= 11 is 1.78. The van der Waals surface area contributed by atoms with E-state index in [-0.39, 0.29) is 11.5 Å². The van der Waals surface area contributed by atoms with Crippen molar-refractivity contribution in [3.8, 4) is 0 Å². The number of aromatic amines is 1. The number of thioether (sulfide) groups is 1. The first kappa shape index (κ1) is 17.0. The number of nitrogens with two attached hydrogens (primary N) is 1. The van der Waals surface area contributed by atoms with Crippen molar-refractivity contribution in [2.24, 2.45) is 5.73 Å². The van der Waals surface area contributed by atoms with E-state index in [1.165, 1.54) is 0 Å². The number of rotatable bonds is 6. The molecule has 0 unspecified atom stereocenters. The van der Waals surface area contributed by atoms with Crippen LogP contribution in [0, 0.1) is 0 Å². The van der Waals surface area contributed by atoms with Gasteiger partial charge in [-0.15, -0.1) is 0 Å². The Kier molecular flexibility index (Phi) is 5.58. The first-order valence-corrected chi connectivity index (χ1v) is 9.60. The van der Waals surface area contributed by atoms with Gasteiger partial charge in [-0.25, -0.2) is 0 Å². The molecular formula is C18H23N3O2S. The fourth-order valence-corrected chi connectivity index (χ4v) is 4.08. The summed E-state index contributed by atoms with van der Waals surface area (Å²) in [7, 11) is 0. The predicted octanol–water partition coefficient (Wildman–Crippen LogP) is 2.18. The molecule has 0 radical (unpaired) electrons. The van der Waals surface area contributed by atoms with E-state index in [0.29, 0.717) is 18.7 Å². The van der Waals surface area contributed by atoms with Crippen molar-refractivity contribution >= 4 is 28.6 Å². The van der Waals surface area contributed by atoms with Crippen LogP contribution in [0.3, 0.4) is 0 Å². The lowest BCUT2D eigenvalue weighted by atomic mass is 9.99. The number of H-pyrrole nitrogens is 1. The van der Waals surface area contributed by atoms with Crippen LogP contribution in [-0.4, -0.2) is 29.7 Å². The van der Waals surface area contributed by atoms with Crippen LogP contribution in [0.5, 0.6) is 0 Å². The van der Waals surface area contributed by atoms with Gasteiger partial charge in [-0.1, -0.05) is 6.42 Å². The number of fused-ring (bicyclic) bond motifs is 3. The Morgan fingerprint density at radius 3 is 2.96 bits per heavy atom. The molecule has 1 aromatic carbocycles. The Balaban J connectivity index is 1.81. The first-order valence-electron chi connectivity index (χ1n) is 8.44. The highest BCUT2D eigenvalue weighted by Crippen LogP contribution is 2.28. The van der Waals surface area contributed by atoms with Crippen molar-refractivity contribution in [3.05, 3.63) is 45.2 Å². The minimum Gasteiger partial charge on any atom is -0.352 e. The number of hydrogen-bond donors (Lipinski definition) is 3. The van der Waals surface area contributed by atoms with Gasteiger partial charge < -0.3 is 16.0 Å². The molecule has 6 heteroatoms. The lowest BCUT2D eigenvalue weighted by Crippen LogP contribution is -2.25. The molecule has 4 N–H and O–H groups in total. The highest BCUT2D eigenvalue weighted by atomic mass is 32.2. The zero-order valence-corrected chi connectivity index (χ0v) is 14.5. The lowest BCUT2D eigenvalue weighted by Gasteiger charge is -2.17. The number of pyridine rings is 1.